The first-order valence-electron chi connectivity index (χ1n) is 6.11. The number of anilines is 1. The zero-order valence-corrected chi connectivity index (χ0v) is 10.5. The molecule has 8 heteroatoms. The van der Waals surface area contributed by atoms with E-state index in [4.69, 9.17) is 10.5 Å². The molecule has 0 spiro atoms. The lowest BCUT2D eigenvalue weighted by Crippen LogP contribution is -2.42. The fourth-order valence-electron chi connectivity index (χ4n) is 1.83. The van der Waals surface area contributed by atoms with Crippen molar-refractivity contribution < 1.29 is 14.3 Å². The van der Waals surface area contributed by atoms with Gasteiger partial charge in [0.15, 0.2) is 0 Å². The summed E-state index contributed by atoms with van der Waals surface area (Å²) >= 11 is 0. The van der Waals surface area contributed by atoms with Crippen molar-refractivity contribution in [2.45, 2.75) is 6.42 Å². The Morgan fingerprint density at radius 3 is 2.84 bits per heavy atom. The molecule has 8 nitrogen and oxygen atoms in total. The van der Waals surface area contributed by atoms with E-state index in [1.165, 1.54) is 6.20 Å². The minimum atomic E-state index is -0.332. The number of carbonyl (C=O) groups excluding carboxylic acids is 2. The van der Waals surface area contributed by atoms with Crippen molar-refractivity contribution in [2.75, 3.05) is 38.6 Å². The first kappa shape index (κ1) is 13.3. The first-order chi connectivity index (χ1) is 9.18. The molecule has 1 fully saturated rings. The molecule has 0 radical (unpaired) electrons. The van der Waals surface area contributed by atoms with Crippen molar-refractivity contribution in [2.24, 2.45) is 0 Å². The number of H-pyrrole nitrogens is 1. The quantitative estimate of drug-likeness (QED) is 0.645. The molecule has 1 aromatic rings. The average molecular weight is 267 g/mol. The lowest BCUT2D eigenvalue weighted by Gasteiger charge is -2.26. The number of amides is 2. The number of rotatable bonds is 4. The third kappa shape index (κ3) is 3.44. The van der Waals surface area contributed by atoms with Crippen LogP contribution in [0.3, 0.4) is 0 Å². The SMILES string of the molecule is Nc1[nH]ncc1C(=O)NCCC(=O)N1CCOCC1. The van der Waals surface area contributed by atoms with Gasteiger partial charge in [0.1, 0.15) is 11.4 Å². The van der Waals surface area contributed by atoms with Crippen LogP contribution in [0.5, 0.6) is 0 Å². The minimum absolute atomic E-state index is 0.0174. The molecule has 2 rings (SSSR count). The number of ether oxygens (including phenoxy) is 1. The van der Waals surface area contributed by atoms with Crippen LogP contribution in [0.4, 0.5) is 5.82 Å². The zero-order valence-electron chi connectivity index (χ0n) is 10.5. The van der Waals surface area contributed by atoms with Gasteiger partial charge in [0.2, 0.25) is 5.91 Å². The molecule has 1 aliphatic heterocycles. The van der Waals surface area contributed by atoms with E-state index in [1.54, 1.807) is 4.90 Å². The molecule has 0 atom stereocenters. The van der Waals surface area contributed by atoms with Gasteiger partial charge in [-0.25, -0.2) is 0 Å². The summed E-state index contributed by atoms with van der Waals surface area (Å²) in [5, 5.41) is 8.78. The molecule has 1 saturated heterocycles. The maximum Gasteiger partial charge on any atom is 0.256 e. The van der Waals surface area contributed by atoms with Gasteiger partial charge < -0.3 is 20.7 Å². The van der Waals surface area contributed by atoms with Crippen molar-refractivity contribution in [1.29, 1.82) is 0 Å². The van der Waals surface area contributed by atoms with Crippen LogP contribution in [0.2, 0.25) is 0 Å². The van der Waals surface area contributed by atoms with Crippen LogP contribution in [0, 0.1) is 0 Å². The van der Waals surface area contributed by atoms with E-state index in [1.807, 2.05) is 0 Å². The Labute approximate surface area is 110 Å². The summed E-state index contributed by atoms with van der Waals surface area (Å²) in [4.78, 5) is 25.2. The molecule has 2 heterocycles. The van der Waals surface area contributed by atoms with Crippen molar-refractivity contribution in [3.8, 4) is 0 Å². The van der Waals surface area contributed by atoms with E-state index in [0.717, 1.165) is 0 Å². The average Bonchev–Trinajstić information content (AvgIpc) is 2.86. The number of nitrogen functional groups attached to an aromatic ring is 1. The molecular formula is C11H17N5O3. The number of nitrogens with one attached hydrogen (secondary N) is 2. The fourth-order valence-corrected chi connectivity index (χ4v) is 1.83. The largest absolute Gasteiger partial charge is 0.383 e. The summed E-state index contributed by atoms with van der Waals surface area (Å²) in [6.07, 6.45) is 1.62. The summed E-state index contributed by atoms with van der Waals surface area (Å²) in [5.41, 5.74) is 5.81. The Morgan fingerprint density at radius 1 is 1.47 bits per heavy atom. The summed E-state index contributed by atoms with van der Waals surface area (Å²) in [6, 6.07) is 0. The van der Waals surface area contributed by atoms with Crippen molar-refractivity contribution in [3.63, 3.8) is 0 Å². The van der Waals surface area contributed by atoms with Crippen LogP contribution in [0.15, 0.2) is 6.20 Å². The lowest BCUT2D eigenvalue weighted by molar-refractivity contribution is -0.135. The van der Waals surface area contributed by atoms with Crippen LogP contribution < -0.4 is 11.1 Å². The molecule has 0 aliphatic carbocycles. The molecule has 0 unspecified atom stereocenters. The molecule has 104 valence electrons. The Morgan fingerprint density at radius 2 is 2.21 bits per heavy atom. The maximum absolute atomic E-state index is 11.8. The number of hydrogen-bond acceptors (Lipinski definition) is 5. The number of nitrogens with two attached hydrogens (primary N) is 1. The summed E-state index contributed by atoms with van der Waals surface area (Å²) in [7, 11) is 0. The second-order valence-electron chi connectivity index (χ2n) is 4.20. The molecular weight excluding hydrogens is 250 g/mol. The van der Waals surface area contributed by atoms with E-state index in [0.29, 0.717) is 31.9 Å². The fraction of sp³-hybridized carbons (Fsp3) is 0.545. The minimum Gasteiger partial charge on any atom is -0.383 e. The van der Waals surface area contributed by atoms with E-state index in [9.17, 15) is 9.59 Å². The summed E-state index contributed by atoms with van der Waals surface area (Å²) in [5.74, 6) is -0.0956. The molecule has 1 aromatic heterocycles. The van der Waals surface area contributed by atoms with Gasteiger partial charge >= 0.3 is 0 Å². The van der Waals surface area contributed by atoms with Crippen molar-refractivity contribution >= 4 is 17.6 Å². The normalized spacial score (nSPS) is 15.3. The second-order valence-corrected chi connectivity index (χ2v) is 4.20. The summed E-state index contributed by atoms with van der Waals surface area (Å²) < 4.78 is 5.17. The highest BCUT2D eigenvalue weighted by Gasteiger charge is 2.17. The van der Waals surface area contributed by atoms with Gasteiger partial charge in [-0.05, 0) is 0 Å². The van der Waals surface area contributed by atoms with Crippen LogP contribution in [-0.4, -0.2) is 59.8 Å². The van der Waals surface area contributed by atoms with Gasteiger partial charge in [-0.3, -0.25) is 14.7 Å². The van der Waals surface area contributed by atoms with Crippen molar-refractivity contribution in [1.82, 2.24) is 20.4 Å². The Bertz CT molecular complexity index is 453. The van der Waals surface area contributed by atoms with Gasteiger partial charge in [-0.15, -0.1) is 0 Å². The van der Waals surface area contributed by atoms with Gasteiger partial charge in [0, 0.05) is 26.1 Å². The third-order valence-electron chi connectivity index (χ3n) is 2.90. The molecule has 2 amide bonds. The Balaban J connectivity index is 1.73. The van der Waals surface area contributed by atoms with Crippen LogP contribution in [0.25, 0.3) is 0 Å². The molecule has 4 N–H and O–H groups in total. The van der Waals surface area contributed by atoms with Crippen molar-refractivity contribution in [3.05, 3.63) is 11.8 Å². The lowest BCUT2D eigenvalue weighted by atomic mass is 10.3. The molecule has 0 aromatic carbocycles. The van der Waals surface area contributed by atoms with Gasteiger partial charge in [0.05, 0.1) is 19.4 Å². The van der Waals surface area contributed by atoms with Crippen LogP contribution in [0.1, 0.15) is 16.8 Å². The first-order valence-corrected chi connectivity index (χ1v) is 6.11. The smallest absolute Gasteiger partial charge is 0.256 e. The van der Waals surface area contributed by atoms with Gasteiger partial charge in [-0.1, -0.05) is 0 Å². The highest BCUT2D eigenvalue weighted by molar-refractivity contribution is 5.98. The number of aromatic nitrogens is 2. The summed E-state index contributed by atoms with van der Waals surface area (Å²) in [6.45, 7) is 2.65. The molecule has 0 saturated carbocycles. The van der Waals surface area contributed by atoms with Crippen LogP contribution >= 0.6 is 0 Å². The number of hydrogen-bond donors (Lipinski definition) is 3. The second kappa shape index (κ2) is 6.19. The van der Waals surface area contributed by atoms with E-state index in [2.05, 4.69) is 15.5 Å². The van der Waals surface area contributed by atoms with E-state index >= 15 is 0 Å². The Kier molecular flexibility index (Phi) is 4.35. The monoisotopic (exact) mass is 267 g/mol. The van der Waals surface area contributed by atoms with Gasteiger partial charge in [0.25, 0.3) is 5.91 Å². The topological polar surface area (TPSA) is 113 Å². The molecule has 0 bridgehead atoms. The Hall–Kier alpha value is -2.09. The standard InChI is InChI=1S/C11H17N5O3/c12-10-8(7-14-15-10)11(18)13-2-1-9(17)16-3-5-19-6-4-16/h7H,1-6H2,(H,13,18)(H3,12,14,15). The van der Waals surface area contributed by atoms with E-state index in [-0.39, 0.29) is 30.6 Å². The highest BCUT2D eigenvalue weighted by Crippen LogP contribution is 2.05. The maximum atomic E-state index is 11.8. The predicted molar refractivity (Wildman–Crippen MR) is 67.3 cm³/mol. The zero-order chi connectivity index (χ0) is 13.7. The third-order valence-corrected chi connectivity index (χ3v) is 2.90. The number of nitrogens with zero attached hydrogens (tertiary/aromatic N) is 2. The number of carbonyl (C=O) groups is 2. The molecule has 1 aliphatic rings. The predicted octanol–water partition coefficient (Wildman–Crippen LogP) is -1.03. The number of morpholine rings is 1. The van der Waals surface area contributed by atoms with Gasteiger partial charge in [-0.2, -0.15) is 5.10 Å². The molecule has 19 heavy (non-hydrogen) atoms. The highest BCUT2D eigenvalue weighted by atomic mass is 16.5. The number of aromatic amines is 1. The van der Waals surface area contributed by atoms with Crippen LogP contribution in [-0.2, 0) is 9.53 Å². The van der Waals surface area contributed by atoms with E-state index < -0.39 is 0 Å².